The van der Waals surface area contributed by atoms with Crippen molar-refractivity contribution in [3.63, 3.8) is 0 Å². The standard InChI is InChI=1S/C15H14BrF2NO/c16-10-6-12(17)14(13(18)7-10)15(20)11(8-19)9-4-2-1-3-5-9/h1-7,11,15,20H,8,19H2. The van der Waals surface area contributed by atoms with E-state index in [0.29, 0.717) is 0 Å². The van der Waals surface area contributed by atoms with Crippen molar-refractivity contribution < 1.29 is 13.9 Å². The molecule has 2 atom stereocenters. The van der Waals surface area contributed by atoms with E-state index in [-0.39, 0.29) is 16.6 Å². The molecule has 0 fully saturated rings. The summed E-state index contributed by atoms with van der Waals surface area (Å²) in [6.07, 6.45) is -1.34. The summed E-state index contributed by atoms with van der Waals surface area (Å²) in [7, 11) is 0. The van der Waals surface area contributed by atoms with Crippen LogP contribution in [0, 0.1) is 11.6 Å². The highest BCUT2D eigenvalue weighted by Gasteiger charge is 2.27. The zero-order valence-electron chi connectivity index (χ0n) is 10.6. The Balaban J connectivity index is 2.42. The van der Waals surface area contributed by atoms with E-state index in [1.807, 2.05) is 6.07 Å². The molecule has 0 aliphatic carbocycles. The third kappa shape index (κ3) is 3.06. The van der Waals surface area contributed by atoms with E-state index >= 15 is 0 Å². The number of rotatable bonds is 4. The predicted octanol–water partition coefficient (Wildman–Crippen LogP) is 3.50. The number of aliphatic hydroxyl groups excluding tert-OH is 1. The van der Waals surface area contributed by atoms with Crippen LogP contribution in [0.15, 0.2) is 46.9 Å². The Kier molecular flexibility index (Phi) is 4.86. The van der Waals surface area contributed by atoms with Crippen molar-refractivity contribution in [2.24, 2.45) is 5.73 Å². The molecule has 0 aliphatic heterocycles. The molecule has 2 nitrogen and oxygen atoms in total. The molecule has 0 saturated heterocycles. The molecule has 0 spiro atoms. The maximum absolute atomic E-state index is 13.9. The van der Waals surface area contributed by atoms with Crippen molar-refractivity contribution >= 4 is 15.9 Å². The Morgan fingerprint density at radius 1 is 1.10 bits per heavy atom. The number of nitrogens with two attached hydrogens (primary N) is 1. The first-order valence-electron chi connectivity index (χ1n) is 6.12. The van der Waals surface area contributed by atoms with Crippen LogP contribution in [0.2, 0.25) is 0 Å². The van der Waals surface area contributed by atoms with Gasteiger partial charge in [0.05, 0.1) is 11.7 Å². The lowest BCUT2D eigenvalue weighted by Gasteiger charge is -2.23. The smallest absolute Gasteiger partial charge is 0.133 e. The van der Waals surface area contributed by atoms with Crippen molar-refractivity contribution in [1.29, 1.82) is 0 Å². The molecule has 3 N–H and O–H groups in total. The van der Waals surface area contributed by atoms with Gasteiger partial charge in [0.2, 0.25) is 0 Å². The van der Waals surface area contributed by atoms with E-state index in [1.165, 1.54) is 0 Å². The summed E-state index contributed by atoms with van der Waals surface area (Å²) < 4.78 is 28.1. The molecule has 2 aromatic rings. The molecule has 2 aromatic carbocycles. The van der Waals surface area contributed by atoms with Gasteiger partial charge in [-0.15, -0.1) is 0 Å². The van der Waals surface area contributed by atoms with E-state index in [1.54, 1.807) is 24.3 Å². The van der Waals surface area contributed by atoms with E-state index < -0.39 is 23.7 Å². The second-order valence-corrected chi connectivity index (χ2v) is 5.40. The first-order chi connectivity index (χ1) is 9.54. The van der Waals surface area contributed by atoms with Gasteiger partial charge in [-0.25, -0.2) is 8.78 Å². The van der Waals surface area contributed by atoms with Crippen LogP contribution in [0.3, 0.4) is 0 Å². The summed E-state index contributed by atoms with van der Waals surface area (Å²) in [6, 6.07) is 11.2. The quantitative estimate of drug-likeness (QED) is 0.893. The van der Waals surface area contributed by atoms with Crippen LogP contribution in [-0.4, -0.2) is 11.7 Å². The van der Waals surface area contributed by atoms with Crippen LogP contribution in [0.4, 0.5) is 8.78 Å². The van der Waals surface area contributed by atoms with Gasteiger partial charge in [0.1, 0.15) is 11.6 Å². The molecule has 2 unspecified atom stereocenters. The maximum Gasteiger partial charge on any atom is 0.133 e. The van der Waals surface area contributed by atoms with E-state index in [9.17, 15) is 13.9 Å². The third-order valence-corrected chi connectivity index (χ3v) is 3.66. The average molecular weight is 342 g/mol. The highest BCUT2D eigenvalue weighted by atomic mass is 79.9. The molecular formula is C15H14BrF2NO. The second-order valence-electron chi connectivity index (χ2n) is 4.48. The Morgan fingerprint density at radius 2 is 1.65 bits per heavy atom. The summed E-state index contributed by atoms with van der Waals surface area (Å²) in [5, 5.41) is 10.3. The molecular weight excluding hydrogens is 328 g/mol. The third-order valence-electron chi connectivity index (χ3n) is 3.20. The van der Waals surface area contributed by atoms with Gasteiger partial charge in [0.25, 0.3) is 0 Å². The molecule has 106 valence electrons. The largest absolute Gasteiger partial charge is 0.388 e. The van der Waals surface area contributed by atoms with E-state index in [2.05, 4.69) is 15.9 Å². The van der Waals surface area contributed by atoms with Gasteiger partial charge in [-0.2, -0.15) is 0 Å². The lowest BCUT2D eigenvalue weighted by atomic mass is 9.89. The van der Waals surface area contributed by atoms with Gasteiger partial charge in [-0.3, -0.25) is 0 Å². The fourth-order valence-corrected chi connectivity index (χ4v) is 2.59. The molecule has 0 radical (unpaired) electrons. The summed E-state index contributed by atoms with van der Waals surface area (Å²) >= 11 is 3.01. The SMILES string of the molecule is NCC(c1ccccc1)C(O)c1c(F)cc(Br)cc1F. The van der Waals surface area contributed by atoms with Crippen molar-refractivity contribution in [3.05, 3.63) is 69.7 Å². The normalized spacial score (nSPS) is 14.1. The zero-order chi connectivity index (χ0) is 14.7. The zero-order valence-corrected chi connectivity index (χ0v) is 12.1. The van der Waals surface area contributed by atoms with Gasteiger partial charge < -0.3 is 10.8 Å². The molecule has 20 heavy (non-hydrogen) atoms. The first-order valence-corrected chi connectivity index (χ1v) is 6.91. The van der Waals surface area contributed by atoms with Crippen LogP contribution in [0.5, 0.6) is 0 Å². The van der Waals surface area contributed by atoms with Crippen molar-refractivity contribution in [3.8, 4) is 0 Å². The number of benzene rings is 2. The first kappa shape index (κ1) is 15.1. The Bertz CT molecular complexity index is 569. The van der Waals surface area contributed by atoms with Crippen LogP contribution in [-0.2, 0) is 0 Å². The number of hydrogen-bond donors (Lipinski definition) is 2. The Morgan fingerprint density at radius 3 is 2.15 bits per heavy atom. The number of aliphatic hydroxyl groups is 1. The van der Waals surface area contributed by atoms with Crippen molar-refractivity contribution in [2.75, 3.05) is 6.54 Å². The van der Waals surface area contributed by atoms with E-state index in [0.717, 1.165) is 17.7 Å². The van der Waals surface area contributed by atoms with Crippen LogP contribution >= 0.6 is 15.9 Å². The minimum Gasteiger partial charge on any atom is -0.388 e. The summed E-state index contributed by atoms with van der Waals surface area (Å²) in [5.74, 6) is -2.15. The molecule has 2 rings (SSSR count). The molecule has 0 amide bonds. The molecule has 0 aliphatic rings. The van der Waals surface area contributed by atoms with Crippen molar-refractivity contribution in [1.82, 2.24) is 0 Å². The summed E-state index contributed by atoms with van der Waals surface area (Å²) in [5.41, 5.74) is 6.04. The summed E-state index contributed by atoms with van der Waals surface area (Å²) in [4.78, 5) is 0. The highest BCUT2D eigenvalue weighted by molar-refractivity contribution is 9.10. The summed E-state index contributed by atoms with van der Waals surface area (Å²) in [6.45, 7) is 0.0835. The Labute approximate surface area is 124 Å². The molecule has 0 saturated carbocycles. The Hall–Kier alpha value is -1.30. The molecule has 0 heterocycles. The minimum absolute atomic E-state index is 0.0835. The fraction of sp³-hybridized carbons (Fsp3) is 0.200. The molecule has 5 heteroatoms. The van der Waals surface area contributed by atoms with Crippen LogP contribution in [0.25, 0.3) is 0 Å². The van der Waals surface area contributed by atoms with Crippen molar-refractivity contribution in [2.45, 2.75) is 12.0 Å². The van der Waals surface area contributed by atoms with Gasteiger partial charge in [-0.1, -0.05) is 46.3 Å². The van der Waals surface area contributed by atoms with Crippen LogP contribution < -0.4 is 5.73 Å². The van der Waals surface area contributed by atoms with E-state index in [4.69, 9.17) is 5.73 Å². The van der Waals surface area contributed by atoms with Gasteiger partial charge >= 0.3 is 0 Å². The number of halogens is 3. The topological polar surface area (TPSA) is 46.2 Å². The number of hydrogen-bond acceptors (Lipinski definition) is 2. The van der Waals surface area contributed by atoms with Crippen LogP contribution in [0.1, 0.15) is 23.1 Å². The molecule has 0 aromatic heterocycles. The van der Waals surface area contributed by atoms with Gasteiger partial charge in [0, 0.05) is 16.9 Å². The second kappa shape index (κ2) is 6.43. The fourth-order valence-electron chi connectivity index (χ4n) is 2.18. The highest BCUT2D eigenvalue weighted by Crippen LogP contribution is 2.34. The lowest BCUT2D eigenvalue weighted by Crippen LogP contribution is -2.21. The van der Waals surface area contributed by atoms with Gasteiger partial charge in [0.15, 0.2) is 0 Å². The lowest BCUT2D eigenvalue weighted by molar-refractivity contribution is 0.138. The van der Waals surface area contributed by atoms with Gasteiger partial charge in [-0.05, 0) is 17.7 Å². The predicted molar refractivity (Wildman–Crippen MR) is 77.3 cm³/mol. The average Bonchev–Trinajstić information content (AvgIpc) is 2.39. The maximum atomic E-state index is 13.9. The monoisotopic (exact) mass is 341 g/mol. The minimum atomic E-state index is -1.34. The molecule has 0 bridgehead atoms.